The van der Waals surface area contributed by atoms with Crippen molar-refractivity contribution in [3.05, 3.63) is 0 Å². The molecule has 0 amide bonds. The number of carbonyl (C=O) groups excluding carboxylic acids is 4. The van der Waals surface area contributed by atoms with Gasteiger partial charge in [-0.2, -0.15) is 0 Å². The van der Waals surface area contributed by atoms with Gasteiger partial charge in [-0.3, -0.25) is 37.3 Å². The fourth-order valence-electron chi connectivity index (χ4n) is 11.5. The summed E-state index contributed by atoms with van der Waals surface area (Å²) in [4.78, 5) is 72.8. The van der Waals surface area contributed by atoms with Crippen LogP contribution in [0.1, 0.15) is 383 Å². The summed E-state index contributed by atoms with van der Waals surface area (Å²) in [6, 6.07) is 0. The Balaban J connectivity index is 5.24. The molecule has 4 unspecified atom stereocenters. The molecule has 0 aliphatic heterocycles. The van der Waals surface area contributed by atoms with Crippen molar-refractivity contribution in [2.45, 2.75) is 401 Å². The molecule has 0 heterocycles. The van der Waals surface area contributed by atoms with Crippen molar-refractivity contribution in [2.75, 3.05) is 39.6 Å². The molecule has 19 heteroatoms. The Labute approximate surface area is 581 Å². The molecular formula is C76H148O17P2. The minimum atomic E-state index is -4.96. The van der Waals surface area contributed by atoms with Crippen molar-refractivity contribution >= 4 is 39.5 Å². The third kappa shape index (κ3) is 69.0. The summed E-state index contributed by atoms with van der Waals surface area (Å²) in [5.74, 6) is 0.941. The highest BCUT2D eigenvalue weighted by molar-refractivity contribution is 7.47. The van der Waals surface area contributed by atoms with Crippen LogP contribution in [0, 0.1) is 23.7 Å². The average molecular weight is 1400 g/mol. The van der Waals surface area contributed by atoms with Crippen LogP contribution >= 0.6 is 15.6 Å². The third-order valence-electron chi connectivity index (χ3n) is 17.9. The molecule has 0 aliphatic carbocycles. The number of phosphoric acid groups is 2. The maximum absolute atomic E-state index is 13.1. The number of hydrogen-bond acceptors (Lipinski definition) is 15. The van der Waals surface area contributed by atoms with Gasteiger partial charge in [0.2, 0.25) is 0 Å². The van der Waals surface area contributed by atoms with E-state index in [9.17, 15) is 43.2 Å². The van der Waals surface area contributed by atoms with Crippen LogP contribution in [0.4, 0.5) is 0 Å². The average Bonchev–Trinajstić information content (AvgIpc) is 1.46. The van der Waals surface area contributed by atoms with Crippen LogP contribution in [0.15, 0.2) is 0 Å². The second kappa shape index (κ2) is 65.4. The molecule has 0 rings (SSSR count). The molecule has 17 nitrogen and oxygen atoms in total. The van der Waals surface area contributed by atoms with Gasteiger partial charge in [-0.05, 0) is 49.4 Å². The summed E-state index contributed by atoms with van der Waals surface area (Å²) in [6.07, 6.45) is 50.0. The molecule has 0 aromatic carbocycles. The molecule has 0 bridgehead atoms. The highest BCUT2D eigenvalue weighted by Gasteiger charge is 2.30. The molecule has 3 N–H and O–H groups in total. The first-order chi connectivity index (χ1) is 45.6. The van der Waals surface area contributed by atoms with Crippen molar-refractivity contribution in [1.82, 2.24) is 0 Å². The summed E-state index contributed by atoms with van der Waals surface area (Å²) < 4.78 is 68.5. The van der Waals surface area contributed by atoms with E-state index in [-0.39, 0.29) is 25.7 Å². The monoisotopic (exact) mass is 1400 g/mol. The van der Waals surface area contributed by atoms with Gasteiger partial charge in [-0.25, -0.2) is 9.13 Å². The molecule has 0 saturated heterocycles. The topological polar surface area (TPSA) is 237 Å². The quantitative estimate of drug-likeness (QED) is 0.0222. The van der Waals surface area contributed by atoms with E-state index in [2.05, 4.69) is 55.4 Å². The molecule has 0 aliphatic rings. The minimum absolute atomic E-state index is 0.104. The van der Waals surface area contributed by atoms with E-state index in [1.165, 1.54) is 186 Å². The lowest BCUT2D eigenvalue weighted by Crippen LogP contribution is -2.30. The van der Waals surface area contributed by atoms with Gasteiger partial charge >= 0.3 is 39.5 Å². The van der Waals surface area contributed by atoms with Gasteiger partial charge < -0.3 is 33.8 Å². The van der Waals surface area contributed by atoms with Crippen molar-refractivity contribution in [1.29, 1.82) is 0 Å². The summed E-state index contributed by atoms with van der Waals surface area (Å²) in [5.41, 5.74) is 0. The second-order valence-electron chi connectivity index (χ2n) is 29.1. The van der Waals surface area contributed by atoms with Crippen LogP contribution in [0.2, 0.25) is 0 Å². The van der Waals surface area contributed by atoms with E-state index in [0.29, 0.717) is 25.7 Å². The van der Waals surface area contributed by atoms with Gasteiger partial charge in [-0.15, -0.1) is 0 Å². The predicted octanol–water partition coefficient (Wildman–Crippen LogP) is 22.0. The molecule has 0 radical (unpaired) electrons. The lowest BCUT2D eigenvalue weighted by molar-refractivity contribution is -0.161. The van der Waals surface area contributed by atoms with Crippen molar-refractivity contribution in [3.63, 3.8) is 0 Å². The highest BCUT2D eigenvalue weighted by Crippen LogP contribution is 2.45. The number of rotatable bonds is 73. The van der Waals surface area contributed by atoms with Gasteiger partial charge in [0.25, 0.3) is 0 Å². The molecular weight excluding hydrogens is 1250 g/mol. The number of carbonyl (C=O) groups is 4. The van der Waals surface area contributed by atoms with Crippen LogP contribution < -0.4 is 0 Å². The van der Waals surface area contributed by atoms with E-state index in [0.717, 1.165) is 114 Å². The highest BCUT2D eigenvalue weighted by atomic mass is 31.2. The van der Waals surface area contributed by atoms with Gasteiger partial charge in [0.05, 0.1) is 26.4 Å². The Morgan fingerprint density at radius 1 is 0.295 bits per heavy atom. The number of aliphatic hydroxyl groups excluding tert-OH is 1. The second-order valence-corrected chi connectivity index (χ2v) is 32.0. The fraction of sp³-hybridized carbons (Fsp3) is 0.947. The van der Waals surface area contributed by atoms with Crippen LogP contribution in [-0.4, -0.2) is 96.7 Å². The van der Waals surface area contributed by atoms with Crippen LogP contribution in [0.5, 0.6) is 0 Å². The Hall–Kier alpha value is -1.94. The van der Waals surface area contributed by atoms with E-state index in [1.54, 1.807) is 0 Å². The molecule has 0 aromatic heterocycles. The molecule has 6 atom stereocenters. The molecule has 0 fully saturated rings. The number of esters is 4. The first-order valence-electron chi connectivity index (χ1n) is 39.2. The number of aliphatic hydroxyl groups is 1. The molecule has 564 valence electrons. The smallest absolute Gasteiger partial charge is 0.462 e. The predicted molar refractivity (Wildman–Crippen MR) is 386 cm³/mol. The number of unbranched alkanes of at least 4 members (excludes halogenated alkanes) is 38. The Morgan fingerprint density at radius 3 is 0.747 bits per heavy atom. The van der Waals surface area contributed by atoms with Crippen molar-refractivity contribution in [3.8, 4) is 0 Å². The number of hydrogen-bond donors (Lipinski definition) is 3. The van der Waals surface area contributed by atoms with E-state index < -0.39 is 97.5 Å². The maximum atomic E-state index is 13.1. The number of phosphoric ester groups is 2. The lowest BCUT2D eigenvalue weighted by Gasteiger charge is -2.21. The molecule has 0 saturated carbocycles. The summed E-state index contributed by atoms with van der Waals surface area (Å²) >= 11 is 0. The standard InChI is InChI=1S/C76H148O17P2/c1-9-69(8)55-47-39-31-21-18-19-22-32-40-48-56-73(78)86-62-71(92-75(80)58-50-42-34-23-17-15-13-11-10-12-14-16-20-28-36-44-52-66(2)3)64-90-94(82,83)88-60-70(77)61-89-95(84,85)91-65-72(93-76(81)59-51-43-35-27-25-30-38-46-54-68(6)7)63-87-74(79)57-49-41-33-26-24-29-37-45-53-67(4)5/h66-72,77H,9-65H2,1-8H3,(H,82,83)(H,84,85)/t69?,70?,71-,72-/m1/s1. The number of ether oxygens (including phenoxy) is 4. The SMILES string of the molecule is CCC(C)CCCCCCCCCCCCC(=O)OC[C@H](COP(=O)(O)OCC(O)COP(=O)(O)OC[C@@H](COC(=O)CCCCCCCCCCC(C)C)OC(=O)CCCCCCCCCCC(C)C)OC(=O)CCCCCCCCCCCCCCCCCCC(C)C. The third-order valence-corrected chi connectivity index (χ3v) is 19.8. The summed E-state index contributed by atoms with van der Waals surface area (Å²) in [5, 5.41) is 10.6. The zero-order chi connectivity index (χ0) is 70.3. The van der Waals surface area contributed by atoms with E-state index in [1.807, 2.05) is 0 Å². The maximum Gasteiger partial charge on any atom is 0.472 e. The molecule has 0 spiro atoms. The van der Waals surface area contributed by atoms with Crippen molar-refractivity contribution < 1.29 is 80.2 Å². The molecule has 0 aromatic rings. The molecule has 95 heavy (non-hydrogen) atoms. The van der Waals surface area contributed by atoms with Gasteiger partial charge in [0, 0.05) is 25.7 Å². The lowest BCUT2D eigenvalue weighted by atomic mass is 9.99. The first kappa shape index (κ1) is 93.1. The van der Waals surface area contributed by atoms with E-state index >= 15 is 0 Å². The Morgan fingerprint density at radius 2 is 0.505 bits per heavy atom. The summed E-state index contributed by atoms with van der Waals surface area (Å²) in [7, 11) is -9.91. The summed E-state index contributed by atoms with van der Waals surface area (Å²) in [6.45, 7) is 14.2. The largest absolute Gasteiger partial charge is 0.472 e. The minimum Gasteiger partial charge on any atom is -0.462 e. The zero-order valence-corrected chi connectivity index (χ0v) is 64.1. The van der Waals surface area contributed by atoms with Gasteiger partial charge in [-0.1, -0.05) is 331 Å². The first-order valence-corrected chi connectivity index (χ1v) is 42.2. The van der Waals surface area contributed by atoms with Gasteiger partial charge in [0.15, 0.2) is 12.2 Å². The van der Waals surface area contributed by atoms with Crippen LogP contribution in [0.3, 0.4) is 0 Å². The van der Waals surface area contributed by atoms with Crippen molar-refractivity contribution in [2.24, 2.45) is 23.7 Å². The Bertz CT molecular complexity index is 1870. The van der Waals surface area contributed by atoms with Crippen LogP contribution in [-0.2, 0) is 65.4 Å². The van der Waals surface area contributed by atoms with Crippen LogP contribution in [0.25, 0.3) is 0 Å². The van der Waals surface area contributed by atoms with E-state index in [4.69, 9.17) is 37.0 Å². The normalized spacial score (nSPS) is 14.4. The van der Waals surface area contributed by atoms with Gasteiger partial charge in [0.1, 0.15) is 19.3 Å². The Kier molecular flexibility index (Phi) is 64.0. The fourth-order valence-corrected chi connectivity index (χ4v) is 13.1. The zero-order valence-electron chi connectivity index (χ0n) is 62.3.